The van der Waals surface area contributed by atoms with Crippen LogP contribution in [0.2, 0.25) is 0 Å². The van der Waals surface area contributed by atoms with E-state index in [1.165, 1.54) is 5.69 Å². The Morgan fingerprint density at radius 2 is 1.79 bits per heavy atom. The van der Waals surface area contributed by atoms with E-state index >= 15 is 0 Å². The number of amides is 1. The maximum Gasteiger partial charge on any atom is 0.268 e. The Bertz CT molecular complexity index is 465. The van der Waals surface area contributed by atoms with Gasteiger partial charge in [0.15, 0.2) is 5.96 Å². The third kappa shape index (κ3) is 3.31. The molecule has 0 saturated carbocycles. The lowest BCUT2D eigenvalue weighted by Gasteiger charge is -2.37. The first kappa shape index (κ1) is 13.1. The molecule has 0 radical (unpaired) electrons. The fourth-order valence-electron chi connectivity index (χ4n) is 2.06. The van der Waals surface area contributed by atoms with Crippen LogP contribution in [0.1, 0.15) is 0 Å². The van der Waals surface area contributed by atoms with Crippen molar-refractivity contribution in [2.24, 2.45) is 0 Å². The van der Waals surface area contributed by atoms with Crippen LogP contribution in [-0.2, 0) is 4.79 Å². The number of carbonyl (C=O) groups excluding carboxylic acids is 1. The molecule has 1 aliphatic heterocycles. The van der Waals surface area contributed by atoms with Gasteiger partial charge in [-0.05, 0) is 12.1 Å². The maximum absolute atomic E-state index is 11.0. The normalized spacial score (nSPS) is 14.9. The molecule has 1 amide bonds. The molecular weight excluding hydrogens is 242 g/mol. The molecule has 0 spiro atoms. The quantitative estimate of drug-likeness (QED) is 0.534. The Balaban J connectivity index is 1.87. The number of nitrogens with zero attached hydrogens (tertiary/aromatic N) is 2. The molecule has 1 aromatic rings. The molecule has 0 unspecified atom stereocenters. The van der Waals surface area contributed by atoms with Crippen LogP contribution in [0.25, 0.3) is 0 Å². The fourth-order valence-corrected chi connectivity index (χ4v) is 2.06. The van der Waals surface area contributed by atoms with Gasteiger partial charge >= 0.3 is 0 Å². The zero-order chi connectivity index (χ0) is 13.7. The number of carbonyl (C=O) groups is 1. The molecule has 19 heavy (non-hydrogen) atoms. The maximum atomic E-state index is 11.0. The lowest BCUT2D eigenvalue weighted by atomic mass is 10.2. The van der Waals surface area contributed by atoms with E-state index in [2.05, 4.69) is 22.3 Å². The minimum absolute atomic E-state index is 0.0706. The van der Waals surface area contributed by atoms with Crippen LogP contribution in [0.4, 0.5) is 5.69 Å². The Kier molecular flexibility index (Phi) is 4.12. The number of nitrogens with one attached hydrogen (secondary N) is 3. The van der Waals surface area contributed by atoms with Gasteiger partial charge in [-0.15, -0.1) is 0 Å². The summed E-state index contributed by atoms with van der Waals surface area (Å²) in [6, 6.07) is 10.1. The molecule has 3 N–H and O–H groups in total. The van der Waals surface area contributed by atoms with Crippen molar-refractivity contribution in [3.8, 4) is 0 Å². The highest BCUT2D eigenvalue weighted by Crippen LogP contribution is 2.15. The van der Waals surface area contributed by atoms with E-state index in [1.54, 1.807) is 4.90 Å². The van der Waals surface area contributed by atoms with Gasteiger partial charge in [0, 0.05) is 31.9 Å². The molecule has 0 aromatic heterocycles. The summed E-state index contributed by atoms with van der Waals surface area (Å²) in [6.07, 6.45) is 0.675. The second-order valence-electron chi connectivity index (χ2n) is 4.29. The van der Waals surface area contributed by atoms with E-state index in [0.717, 1.165) is 13.1 Å². The van der Waals surface area contributed by atoms with Crippen molar-refractivity contribution in [2.45, 2.75) is 0 Å². The molecular formula is C13H17N5O. The van der Waals surface area contributed by atoms with Crippen molar-refractivity contribution >= 4 is 23.8 Å². The number of anilines is 1. The predicted molar refractivity (Wildman–Crippen MR) is 74.9 cm³/mol. The highest BCUT2D eigenvalue weighted by Gasteiger charge is 2.19. The predicted octanol–water partition coefficient (Wildman–Crippen LogP) is 0.509. The molecule has 0 bridgehead atoms. The molecule has 100 valence electrons. The van der Waals surface area contributed by atoms with Gasteiger partial charge in [0.25, 0.3) is 5.91 Å². The number of guanidine groups is 1. The van der Waals surface area contributed by atoms with Crippen LogP contribution in [0.3, 0.4) is 0 Å². The Labute approximate surface area is 112 Å². The van der Waals surface area contributed by atoms with Gasteiger partial charge in [0.2, 0.25) is 0 Å². The van der Waals surface area contributed by atoms with E-state index in [1.807, 2.05) is 18.2 Å². The number of hydrogen-bond donors (Lipinski definition) is 3. The van der Waals surface area contributed by atoms with Gasteiger partial charge in [-0.3, -0.25) is 15.5 Å². The monoisotopic (exact) mass is 259 g/mol. The van der Waals surface area contributed by atoms with Crippen LogP contribution < -0.4 is 10.2 Å². The van der Waals surface area contributed by atoms with Crippen molar-refractivity contribution in [3.05, 3.63) is 30.3 Å². The van der Waals surface area contributed by atoms with E-state index in [0.29, 0.717) is 19.3 Å². The lowest BCUT2D eigenvalue weighted by molar-refractivity contribution is -0.113. The summed E-state index contributed by atoms with van der Waals surface area (Å²) >= 11 is 0. The molecule has 1 aromatic carbocycles. The summed E-state index contributed by atoms with van der Waals surface area (Å²) in [5.74, 6) is -0.489. The fraction of sp³-hybridized carbons (Fsp3) is 0.308. The molecule has 1 fully saturated rings. The minimum atomic E-state index is -0.560. The van der Waals surface area contributed by atoms with Crippen LogP contribution in [-0.4, -0.2) is 49.2 Å². The van der Waals surface area contributed by atoms with E-state index in [9.17, 15) is 4.79 Å². The van der Waals surface area contributed by atoms with Crippen LogP contribution in [0.5, 0.6) is 0 Å². The zero-order valence-corrected chi connectivity index (χ0v) is 10.6. The Morgan fingerprint density at radius 3 is 2.37 bits per heavy atom. The number of benzene rings is 1. The summed E-state index contributed by atoms with van der Waals surface area (Å²) in [7, 11) is 0. The zero-order valence-electron chi connectivity index (χ0n) is 10.6. The topological polar surface area (TPSA) is 83.3 Å². The Morgan fingerprint density at radius 1 is 1.16 bits per heavy atom. The second-order valence-corrected chi connectivity index (χ2v) is 4.29. The average molecular weight is 259 g/mol. The first-order valence-electron chi connectivity index (χ1n) is 6.15. The first-order chi connectivity index (χ1) is 9.20. The molecule has 1 aliphatic rings. The number of rotatable bonds is 2. The standard InChI is InChI=1S/C13H17N5O/c14-10-12(19)16-13(15)18-8-6-17(7-9-18)11-4-2-1-3-5-11/h1-5,10,14H,6-9H2,(H2,15,16,19). The highest BCUT2D eigenvalue weighted by atomic mass is 16.1. The first-order valence-corrected chi connectivity index (χ1v) is 6.15. The third-order valence-corrected chi connectivity index (χ3v) is 3.09. The van der Waals surface area contributed by atoms with Crippen molar-refractivity contribution in [1.82, 2.24) is 10.2 Å². The highest BCUT2D eigenvalue weighted by molar-refractivity contribution is 6.28. The van der Waals surface area contributed by atoms with Crippen LogP contribution in [0, 0.1) is 10.8 Å². The molecule has 0 aliphatic carbocycles. The molecule has 0 atom stereocenters. The molecule has 6 heteroatoms. The van der Waals surface area contributed by atoms with Crippen LogP contribution >= 0.6 is 0 Å². The third-order valence-electron chi connectivity index (χ3n) is 3.09. The summed E-state index contributed by atoms with van der Waals surface area (Å²) in [5.41, 5.74) is 1.18. The molecule has 2 rings (SSSR count). The summed E-state index contributed by atoms with van der Waals surface area (Å²) < 4.78 is 0. The van der Waals surface area contributed by atoms with Gasteiger partial charge in [-0.2, -0.15) is 0 Å². The van der Waals surface area contributed by atoms with Crippen molar-refractivity contribution in [3.63, 3.8) is 0 Å². The largest absolute Gasteiger partial charge is 0.368 e. The summed E-state index contributed by atoms with van der Waals surface area (Å²) in [5, 5.41) is 16.9. The summed E-state index contributed by atoms with van der Waals surface area (Å²) in [6.45, 7) is 3.00. The average Bonchev–Trinajstić information content (AvgIpc) is 2.48. The van der Waals surface area contributed by atoms with E-state index < -0.39 is 5.91 Å². The van der Waals surface area contributed by atoms with Crippen molar-refractivity contribution in [1.29, 1.82) is 10.8 Å². The van der Waals surface area contributed by atoms with Crippen LogP contribution in [0.15, 0.2) is 30.3 Å². The molecule has 6 nitrogen and oxygen atoms in total. The van der Waals surface area contributed by atoms with E-state index in [4.69, 9.17) is 10.8 Å². The Hall–Kier alpha value is -2.37. The van der Waals surface area contributed by atoms with Gasteiger partial charge < -0.3 is 15.2 Å². The molecule has 1 saturated heterocycles. The SMILES string of the molecule is N=CC(=O)NC(=N)N1CCN(c2ccccc2)CC1. The van der Waals surface area contributed by atoms with Gasteiger partial charge in [-0.1, -0.05) is 18.2 Å². The van der Waals surface area contributed by atoms with Gasteiger partial charge in [0.1, 0.15) is 0 Å². The lowest BCUT2D eigenvalue weighted by Crippen LogP contribution is -2.53. The van der Waals surface area contributed by atoms with Crippen molar-refractivity contribution in [2.75, 3.05) is 31.1 Å². The van der Waals surface area contributed by atoms with Gasteiger partial charge in [0.05, 0.1) is 6.21 Å². The van der Waals surface area contributed by atoms with Crippen molar-refractivity contribution < 1.29 is 4.79 Å². The second kappa shape index (κ2) is 5.99. The van der Waals surface area contributed by atoms with Gasteiger partial charge in [-0.25, -0.2) is 0 Å². The number of hydrogen-bond acceptors (Lipinski definition) is 4. The summed E-state index contributed by atoms with van der Waals surface area (Å²) in [4.78, 5) is 15.1. The molecule has 1 heterocycles. The minimum Gasteiger partial charge on any atom is -0.368 e. The van der Waals surface area contributed by atoms with E-state index in [-0.39, 0.29) is 5.96 Å². The number of piperazine rings is 1. The number of para-hydroxylation sites is 1. The smallest absolute Gasteiger partial charge is 0.268 e.